The first-order valence-corrected chi connectivity index (χ1v) is 10.2. The van der Waals surface area contributed by atoms with Crippen LogP contribution in [0.15, 0.2) is 0 Å². The van der Waals surface area contributed by atoms with Gasteiger partial charge in [-0.3, -0.25) is 14.4 Å². The monoisotopic (exact) mass is 431 g/mol. The highest BCUT2D eigenvalue weighted by Gasteiger charge is 2.32. The van der Waals surface area contributed by atoms with Crippen molar-refractivity contribution in [2.24, 2.45) is 17.4 Å². The Morgan fingerprint density at radius 1 is 0.900 bits per heavy atom. The second-order valence-corrected chi connectivity index (χ2v) is 7.57. The van der Waals surface area contributed by atoms with Gasteiger partial charge in [0.2, 0.25) is 17.7 Å². The average Bonchev–Trinajstić information content (AvgIpc) is 2.67. The van der Waals surface area contributed by atoms with Gasteiger partial charge in [0.1, 0.15) is 18.1 Å². The number of amides is 3. The highest BCUT2D eigenvalue weighted by molar-refractivity contribution is 5.94. The minimum Gasteiger partial charge on any atom is -0.480 e. The predicted molar refractivity (Wildman–Crippen MR) is 111 cm³/mol. The van der Waals surface area contributed by atoms with E-state index in [0.717, 1.165) is 0 Å². The molecule has 9 N–H and O–H groups in total. The number of rotatable bonds is 14. The summed E-state index contributed by atoms with van der Waals surface area (Å²) >= 11 is 0. The fourth-order valence-corrected chi connectivity index (χ4v) is 2.65. The van der Waals surface area contributed by atoms with Crippen LogP contribution in [0, 0.1) is 5.92 Å². The van der Waals surface area contributed by atoms with E-state index in [1.165, 1.54) is 13.8 Å². The minimum absolute atomic E-state index is 0.218. The summed E-state index contributed by atoms with van der Waals surface area (Å²) < 4.78 is 0. The number of unbranched alkanes of at least 4 members (excludes halogenated alkanes) is 1. The number of nitrogens with one attached hydrogen (secondary N) is 3. The van der Waals surface area contributed by atoms with Crippen molar-refractivity contribution in [2.45, 2.75) is 83.6 Å². The molecule has 0 bridgehead atoms. The van der Waals surface area contributed by atoms with Gasteiger partial charge in [-0.05, 0) is 45.6 Å². The molecule has 0 aromatic carbocycles. The number of aliphatic hydroxyl groups excluding tert-OH is 1. The zero-order valence-corrected chi connectivity index (χ0v) is 18.2. The van der Waals surface area contributed by atoms with Crippen molar-refractivity contribution in [1.82, 2.24) is 16.0 Å². The van der Waals surface area contributed by atoms with Gasteiger partial charge in [-0.15, -0.1) is 0 Å². The van der Waals surface area contributed by atoms with Crippen molar-refractivity contribution in [3.63, 3.8) is 0 Å². The number of nitrogens with two attached hydrogens (primary N) is 2. The van der Waals surface area contributed by atoms with Gasteiger partial charge < -0.3 is 37.6 Å². The molecule has 0 aliphatic heterocycles. The van der Waals surface area contributed by atoms with Crippen LogP contribution < -0.4 is 27.4 Å². The Labute approximate surface area is 177 Å². The van der Waals surface area contributed by atoms with E-state index in [2.05, 4.69) is 16.0 Å². The number of carbonyl (C=O) groups excluding carboxylic acids is 3. The summed E-state index contributed by atoms with van der Waals surface area (Å²) in [5.74, 6) is -3.56. The van der Waals surface area contributed by atoms with Crippen molar-refractivity contribution in [3.05, 3.63) is 0 Å². The third-order valence-corrected chi connectivity index (χ3v) is 4.83. The van der Waals surface area contributed by atoms with Crippen LogP contribution in [0.5, 0.6) is 0 Å². The zero-order valence-electron chi connectivity index (χ0n) is 18.2. The maximum Gasteiger partial charge on any atom is 0.326 e. The Hall–Kier alpha value is -2.24. The van der Waals surface area contributed by atoms with E-state index in [4.69, 9.17) is 11.5 Å². The fraction of sp³-hybridized carbons (Fsp3) is 0.789. The fourth-order valence-electron chi connectivity index (χ4n) is 2.65. The Balaban J connectivity index is 5.42. The molecule has 0 aromatic rings. The van der Waals surface area contributed by atoms with E-state index in [0.29, 0.717) is 25.8 Å². The van der Waals surface area contributed by atoms with Gasteiger partial charge >= 0.3 is 5.97 Å². The molecule has 0 rings (SSSR count). The highest BCUT2D eigenvalue weighted by Crippen LogP contribution is 2.10. The van der Waals surface area contributed by atoms with Crippen LogP contribution in [0.1, 0.15) is 53.4 Å². The van der Waals surface area contributed by atoms with Crippen molar-refractivity contribution in [3.8, 4) is 0 Å². The molecule has 0 saturated carbocycles. The summed E-state index contributed by atoms with van der Waals surface area (Å²) in [5, 5.41) is 26.6. The van der Waals surface area contributed by atoms with Gasteiger partial charge in [-0.2, -0.15) is 0 Å². The van der Waals surface area contributed by atoms with E-state index in [9.17, 15) is 29.4 Å². The molecule has 0 saturated heterocycles. The molecule has 30 heavy (non-hydrogen) atoms. The Morgan fingerprint density at radius 2 is 1.47 bits per heavy atom. The summed E-state index contributed by atoms with van der Waals surface area (Å²) in [4.78, 5) is 48.7. The molecular formula is C19H37N5O6. The maximum atomic E-state index is 12.7. The van der Waals surface area contributed by atoms with Crippen LogP contribution in [0.2, 0.25) is 0 Å². The van der Waals surface area contributed by atoms with E-state index >= 15 is 0 Å². The smallest absolute Gasteiger partial charge is 0.326 e. The van der Waals surface area contributed by atoms with E-state index in [1.807, 2.05) is 6.92 Å². The average molecular weight is 432 g/mol. The van der Waals surface area contributed by atoms with Crippen LogP contribution >= 0.6 is 0 Å². The first-order valence-electron chi connectivity index (χ1n) is 10.2. The Morgan fingerprint density at radius 3 is 1.90 bits per heavy atom. The maximum absolute atomic E-state index is 12.7. The molecule has 0 heterocycles. The number of hydrogen-bond acceptors (Lipinski definition) is 7. The van der Waals surface area contributed by atoms with Gasteiger partial charge in [-0.1, -0.05) is 20.3 Å². The molecule has 11 nitrogen and oxygen atoms in total. The lowest BCUT2D eigenvalue weighted by Gasteiger charge is -2.27. The molecule has 0 spiro atoms. The third-order valence-electron chi connectivity index (χ3n) is 4.83. The zero-order chi connectivity index (χ0) is 23.4. The first-order chi connectivity index (χ1) is 14.0. The summed E-state index contributed by atoms with van der Waals surface area (Å²) in [6.07, 6.45) is 0.632. The lowest BCUT2D eigenvalue weighted by atomic mass is 9.98. The molecule has 6 unspecified atom stereocenters. The first kappa shape index (κ1) is 27.8. The van der Waals surface area contributed by atoms with Crippen molar-refractivity contribution in [2.75, 3.05) is 6.54 Å². The van der Waals surface area contributed by atoms with Gasteiger partial charge in [0.25, 0.3) is 0 Å². The number of aliphatic hydroxyl groups is 1. The number of carboxylic acid groups (broad SMARTS) is 1. The number of aliphatic carboxylic acids is 1. The SMILES string of the molecule is CCC(C)C(NC(=O)C(CCCCN)NC(=O)C(NC(=O)C(C)N)C(C)O)C(=O)O. The number of carboxylic acids is 1. The summed E-state index contributed by atoms with van der Waals surface area (Å²) in [7, 11) is 0. The lowest BCUT2D eigenvalue weighted by molar-refractivity contribution is -0.144. The van der Waals surface area contributed by atoms with Gasteiger partial charge in [0, 0.05) is 0 Å². The van der Waals surface area contributed by atoms with Crippen molar-refractivity contribution in [1.29, 1.82) is 0 Å². The van der Waals surface area contributed by atoms with Gasteiger partial charge in [0.15, 0.2) is 0 Å². The molecule has 3 amide bonds. The number of hydrogen-bond donors (Lipinski definition) is 7. The standard InChI is InChI=1S/C19H37N5O6/c1-5-10(2)14(19(29)30)23-17(27)13(8-6-7-9-20)22-18(28)15(12(4)25)24-16(26)11(3)21/h10-15,25H,5-9,20-21H2,1-4H3,(H,22,28)(H,23,27)(H,24,26)(H,29,30). The quantitative estimate of drug-likeness (QED) is 0.160. The molecule has 0 radical (unpaired) electrons. The molecule has 0 aliphatic rings. The van der Waals surface area contributed by atoms with Crippen LogP contribution in [0.3, 0.4) is 0 Å². The van der Waals surface area contributed by atoms with Gasteiger partial charge in [-0.25, -0.2) is 4.79 Å². The normalized spacial score (nSPS) is 17.0. The van der Waals surface area contributed by atoms with Crippen molar-refractivity contribution >= 4 is 23.7 Å². The van der Waals surface area contributed by atoms with Crippen LogP contribution in [0.4, 0.5) is 0 Å². The summed E-state index contributed by atoms with van der Waals surface area (Å²) in [6, 6.07) is -4.38. The minimum atomic E-state index is -1.32. The second-order valence-electron chi connectivity index (χ2n) is 7.57. The second kappa shape index (κ2) is 13.9. The molecule has 0 aliphatic carbocycles. The predicted octanol–water partition coefficient (Wildman–Crippen LogP) is -1.57. The summed E-state index contributed by atoms with van der Waals surface area (Å²) in [6.45, 7) is 6.65. The van der Waals surface area contributed by atoms with Crippen molar-refractivity contribution < 1.29 is 29.4 Å². The van der Waals surface area contributed by atoms with E-state index in [1.54, 1.807) is 6.92 Å². The summed E-state index contributed by atoms with van der Waals surface area (Å²) in [5.41, 5.74) is 11.0. The molecule has 6 atom stereocenters. The third kappa shape index (κ3) is 9.51. The van der Waals surface area contributed by atoms with Crippen LogP contribution in [-0.2, 0) is 19.2 Å². The van der Waals surface area contributed by atoms with Gasteiger partial charge in [0.05, 0.1) is 12.1 Å². The molecule has 0 fully saturated rings. The van der Waals surface area contributed by atoms with E-state index in [-0.39, 0.29) is 12.3 Å². The molecule has 174 valence electrons. The topological polar surface area (TPSA) is 197 Å². The largest absolute Gasteiger partial charge is 0.480 e. The Kier molecular flexibility index (Phi) is 12.8. The molecule has 11 heteroatoms. The highest BCUT2D eigenvalue weighted by atomic mass is 16.4. The molecule has 0 aromatic heterocycles. The van der Waals surface area contributed by atoms with E-state index < -0.39 is 54.0 Å². The van der Waals surface area contributed by atoms with Crippen LogP contribution in [0.25, 0.3) is 0 Å². The molecular weight excluding hydrogens is 394 g/mol. The van der Waals surface area contributed by atoms with Crippen LogP contribution in [-0.4, -0.2) is 70.7 Å². The number of carbonyl (C=O) groups is 4. The lowest BCUT2D eigenvalue weighted by Crippen LogP contribution is -2.59. The Bertz CT molecular complexity index is 584.